The van der Waals surface area contributed by atoms with E-state index >= 15 is 0 Å². The molecule has 0 heterocycles. The number of Topliss-reactive ketones (excluding diaryl/α,β-unsaturated/α-hetero) is 1. The number of hydrogen-bond donors (Lipinski definition) is 0. The van der Waals surface area contributed by atoms with Crippen LogP contribution in [0.25, 0.3) is 0 Å². The predicted molar refractivity (Wildman–Crippen MR) is 79.7 cm³/mol. The summed E-state index contributed by atoms with van der Waals surface area (Å²) in [5, 5.41) is 0. The highest BCUT2D eigenvalue weighted by molar-refractivity contribution is 5.95. The first-order valence-electron chi connectivity index (χ1n) is 7.12. The van der Waals surface area contributed by atoms with Crippen LogP contribution < -0.4 is 9.47 Å². The quantitative estimate of drug-likeness (QED) is 0.634. The number of hydrogen-bond acceptors (Lipinski definition) is 4. The summed E-state index contributed by atoms with van der Waals surface area (Å²) in [5.41, 5.74) is 1.45. The average Bonchev–Trinajstić information content (AvgIpc) is 2.46. The lowest BCUT2D eigenvalue weighted by molar-refractivity contribution is -0.132. The van der Waals surface area contributed by atoms with Gasteiger partial charge in [-0.15, -0.1) is 0 Å². The highest BCUT2D eigenvalue weighted by Crippen LogP contribution is 2.43. The zero-order valence-corrected chi connectivity index (χ0v) is 13.2. The molecule has 0 N–H and O–H groups in total. The lowest BCUT2D eigenvalue weighted by Gasteiger charge is -2.24. The molecule has 0 radical (unpaired) electrons. The Morgan fingerprint density at radius 1 is 1.36 bits per heavy atom. The van der Waals surface area contributed by atoms with Crippen LogP contribution in [0.3, 0.4) is 0 Å². The van der Waals surface area contributed by atoms with Crippen LogP contribution in [0.1, 0.15) is 43.7 Å². The average molecular weight is 306 g/mol. The largest absolute Gasteiger partial charge is 0.496 e. The van der Waals surface area contributed by atoms with Crippen molar-refractivity contribution in [2.75, 3.05) is 7.11 Å². The molecule has 0 amide bonds. The maximum absolute atomic E-state index is 14.4. The van der Waals surface area contributed by atoms with E-state index in [1.165, 1.54) is 14.0 Å². The molecule has 0 spiro atoms. The Morgan fingerprint density at radius 2 is 2.05 bits per heavy atom. The van der Waals surface area contributed by atoms with Gasteiger partial charge in [0.05, 0.1) is 7.11 Å². The maximum Gasteiger partial charge on any atom is 0.308 e. The van der Waals surface area contributed by atoms with Gasteiger partial charge in [0.25, 0.3) is 0 Å². The molecule has 0 aliphatic heterocycles. The number of benzene rings is 1. The summed E-state index contributed by atoms with van der Waals surface area (Å²) in [4.78, 5) is 23.0. The van der Waals surface area contributed by atoms with Crippen molar-refractivity contribution in [1.82, 2.24) is 0 Å². The molecule has 1 aromatic carbocycles. The third-order valence-corrected chi connectivity index (χ3v) is 3.81. The van der Waals surface area contributed by atoms with Crippen LogP contribution in [-0.4, -0.2) is 18.9 Å². The standard InChI is InChI=1S/C17H19FO4/c1-9-7-12(5-6-13(9)20)15-14(21-4)8-10(2)16(18)17(15)22-11(3)19/h7-8,12H,5-6H2,1-4H3. The van der Waals surface area contributed by atoms with E-state index in [1.807, 2.05) is 0 Å². The number of methoxy groups -OCH3 is 1. The molecule has 4 nitrogen and oxygen atoms in total. The molecule has 0 saturated carbocycles. The summed E-state index contributed by atoms with van der Waals surface area (Å²) in [6, 6.07) is 1.58. The molecule has 0 fully saturated rings. The molecule has 1 unspecified atom stereocenters. The van der Waals surface area contributed by atoms with Gasteiger partial charge in [0.2, 0.25) is 0 Å². The molecular formula is C17H19FO4. The Morgan fingerprint density at radius 3 is 2.59 bits per heavy atom. The topological polar surface area (TPSA) is 52.6 Å². The fourth-order valence-electron chi connectivity index (χ4n) is 2.70. The number of allylic oxidation sites excluding steroid dienone is 2. The molecule has 0 aromatic heterocycles. The van der Waals surface area contributed by atoms with Crippen LogP contribution in [0, 0.1) is 12.7 Å². The summed E-state index contributed by atoms with van der Waals surface area (Å²) in [6.45, 7) is 4.54. The molecule has 1 aliphatic carbocycles. The number of aryl methyl sites for hydroxylation is 1. The Hall–Kier alpha value is -2.17. The third kappa shape index (κ3) is 3.03. The summed E-state index contributed by atoms with van der Waals surface area (Å²) < 4.78 is 24.9. The number of halogens is 1. The van der Waals surface area contributed by atoms with E-state index < -0.39 is 11.8 Å². The minimum absolute atomic E-state index is 0.0804. The minimum atomic E-state index is -0.597. The Bertz CT molecular complexity index is 661. The van der Waals surface area contributed by atoms with Crippen LogP contribution in [0.4, 0.5) is 4.39 Å². The fourth-order valence-corrected chi connectivity index (χ4v) is 2.70. The van der Waals surface area contributed by atoms with Crippen molar-refractivity contribution in [2.24, 2.45) is 0 Å². The van der Waals surface area contributed by atoms with Crippen molar-refractivity contribution in [2.45, 2.75) is 39.5 Å². The number of carbonyl (C=O) groups excluding carboxylic acids is 2. The van der Waals surface area contributed by atoms with E-state index in [0.29, 0.717) is 35.3 Å². The van der Waals surface area contributed by atoms with Crippen molar-refractivity contribution in [1.29, 1.82) is 0 Å². The molecule has 0 bridgehead atoms. The van der Waals surface area contributed by atoms with Crippen molar-refractivity contribution in [3.05, 3.63) is 34.7 Å². The molecule has 2 rings (SSSR count). The van der Waals surface area contributed by atoms with Gasteiger partial charge in [-0.2, -0.15) is 0 Å². The number of rotatable bonds is 3. The van der Waals surface area contributed by atoms with Gasteiger partial charge < -0.3 is 9.47 Å². The summed E-state index contributed by atoms with van der Waals surface area (Å²) in [5.74, 6) is -0.963. The van der Waals surface area contributed by atoms with Crippen LogP contribution in [0.15, 0.2) is 17.7 Å². The number of carbonyl (C=O) groups is 2. The molecule has 22 heavy (non-hydrogen) atoms. The molecular weight excluding hydrogens is 287 g/mol. The van der Waals surface area contributed by atoms with Crippen LogP contribution in [0.2, 0.25) is 0 Å². The molecule has 0 saturated heterocycles. The molecule has 1 aromatic rings. The van der Waals surface area contributed by atoms with E-state index in [4.69, 9.17) is 9.47 Å². The van der Waals surface area contributed by atoms with Crippen LogP contribution >= 0.6 is 0 Å². The Labute approximate surface area is 128 Å². The van der Waals surface area contributed by atoms with Crippen molar-refractivity contribution < 1.29 is 23.5 Å². The molecule has 1 aliphatic rings. The predicted octanol–water partition coefficient (Wildman–Crippen LogP) is 3.46. The highest BCUT2D eigenvalue weighted by atomic mass is 19.1. The van der Waals surface area contributed by atoms with Gasteiger partial charge in [-0.3, -0.25) is 9.59 Å². The van der Waals surface area contributed by atoms with E-state index in [9.17, 15) is 14.0 Å². The Balaban J connectivity index is 2.64. The second-order valence-corrected chi connectivity index (χ2v) is 5.46. The third-order valence-electron chi connectivity index (χ3n) is 3.81. The zero-order chi connectivity index (χ0) is 16.4. The fraction of sp³-hybridized carbons (Fsp3) is 0.412. The first kappa shape index (κ1) is 16.2. The first-order chi connectivity index (χ1) is 10.3. The lowest BCUT2D eigenvalue weighted by atomic mass is 9.84. The second kappa shape index (κ2) is 6.30. The molecule has 1 atom stereocenters. The van der Waals surface area contributed by atoms with E-state index in [2.05, 4.69) is 0 Å². The zero-order valence-electron chi connectivity index (χ0n) is 13.2. The van der Waals surface area contributed by atoms with Crippen molar-refractivity contribution in [3.8, 4) is 11.5 Å². The van der Waals surface area contributed by atoms with Gasteiger partial charge in [0.1, 0.15) is 5.75 Å². The molecule has 5 heteroatoms. The summed E-state index contributed by atoms with van der Waals surface area (Å²) in [6.07, 6.45) is 2.69. The van der Waals surface area contributed by atoms with Gasteiger partial charge in [0.15, 0.2) is 17.3 Å². The van der Waals surface area contributed by atoms with Gasteiger partial charge in [0, 0.05) is 24.8 Å². The number of esters is 1. The van der Waals surface area contributed by atoms with Crippen LogP contribution in [-0.2, 0) is 9.59 Å². The molecule has 118 valence electrons. The Kier molecular flexibility index (Phi) is 4.64. The first-order valence-corrected chi connectivity index (χ1v) is 7.12. The number of ketones is 1. The smallest absolute Gasteiger partial charge is 0.308 e. The SMILES string of the molecule is COc1cc(C)c(F)c(OC(C)=O)c1C1C=C(C)C(=O)CC1. The normalized spacial score (nSPS) is 18.0. The van der Waals surface area contributed by atoms with Crippen molar-refractivity contribution in [3.63, 3.8) is 0 Å². The van der Waals surface area contributed by atoms with E-state index in [0.717, 1.165) is 0 Å². The van der Waals surface area contributed by atoms with Gasteiger partial charge >= 0.3 is 5.97 Å². The summed E-state index contributed by atoms with van der Waals surface area (Å²) >= 11 is 0. The minimum Gasteiger partial charge on any atom is -0.496 e. The summed E-state index contributed by atoms with van der Waals surface area (Å²) in [7, 11) is 1.48. The second-order valence-electron chi connectivity index (χ2n) is 5.46. The number of ether oxygens (including phenoxy) is 2. The van der Waals surface area contributed by atoms with E-state index in [-0.39, 0.29) is 17.5 Å². The van der Waals surface area contributed by atoms with Gasteiger partial charge in [-0.1, -0.05) is 6.08 Å². The van der Waals surface area contributed by atoms with Gasteiger partial charge in [-0.25, -0.2) is 4.39 Å². The van der Waals surface area contributed by atoms with Crippen molar-refractivity contribution >= 4 is 11.8 Å². The monoisotopic (exact) mass is 306 g/mol. The lowest BCUT2D eigenvalue weighted by Crippen LogP contribution is -2.15. The maximum atomic E-state index is 14.4. The van der Waals surface area contributed by atoms with Crippen LogP contribution in [0.5, 0.6) is 11.5 Å². The van der Waals surface area contributed by atoms with Gasteiger partial charge in [-0.05, 0) is 37.5 Å². The highest BCUT2D eigenvalue weighted by Gasteiger charge is 2.28. The van der Waals surface area contributed by atoms with E-state index in [1.54, 1.807) is 26.0 Å².